The summed E-state index contributed by atoms with van der Waals surface area (Å²) < 4.78 is 32.7. The average Bonchev–Trinajstić information content (AvgIpc) is 2.66. The number of nitrogens with zero attached hydrogens (tertiary/aromatic N) is 1. The number of nitrogens with one attached hydrogen (secondary N) is 1. The molecular formula is C21H34N2O4S. The number of unbranched alkanes of at least 4 members (excludes halogenated alkanes) is 1. The number of carbonyl (C=O) groups excluding carboxylic acids is 1. The molecule has 28 heavy (non-hydrogen) atoms. The zero-order valence-corrected chi connectivity index (χ0v) is 18.3. The predicted octanol–water partition coefficient (Wildman–Crippen LogP) is 3.29. The highest BCUT2D eigenvalue weighted by Crippen LogP contribution is 2.20. The van der Waals surface area contributed by atoms with Crippen molar-refractivity contribution in [2.75, 3.05) is 18.8 Å². The van der Waals surface area contributed by atoms with Gasteiger partial charge in [-0.25, -0.2) is 13.1 Å². The maximum Gasteiger partial charge on any atom is 0.263 e. The Labute approximate surface area is 169 Å². The van der Waals surface area contributed by atoms with Crippen LogP contribution in [-0.2, 0) is 14.8 Å². The normalized spacial score (nSPS) is 17.0. The first kappa shape index (κ1) is 22.7. The molecule has 1 atom stereocenters. The van der Waals surface area contributed by atoms with E-state index in [0.717, 1.165) is 6.42 Å². The van der Waals surface area contributed by atoms with E-state index in [-0.39, 0.29) is 17.7 Å². The van der Waals surface area contributed by atoms with Gasteiger partial charge in [0.1, 0.15) is 5.75 Å². The van der Waals surface area contributed by atoms with E-state index >= 15 is 0 Å². The second-order valence-electron chi connectivity index (χ2n) is 7.87. The molecule has 6 nitrogen and oxygen atoms in total. The van der Waals surface area contributed by atoms with Crippen LogP contribution < -0.4 is 9.46 Å². The molecule has 0 saturated carbocycles. The number of sulfonamides is 1. The van der Waals surface area contributed by atoms with E-state index in [0.29, 0.717) is 44.0 Å². The lowest BCUT2D eigenvalue weighted by molar-refractivity contribution is -0.139. The third-order valence-electron chi connectivity index (χ3n) is 5.13. The Morgan fingerprint density at radius 2 is 1.79 bits per heavy atom. The van der Waals surface area contributed by atoms with Gasteiger partial charge in [-0.15, -0.1) is 0 Å². The number of likely N-dealkylation sites (tertiary alicyclic amines) is 1. The molecule has 7 heteroatoms. The zero-order valence-electron chi connectivity index (χ0n) is 17.5. The number of piperidine rings is 1. The van der Waals surface area contributed by atoms with Crippen LogP contribution in [0.15, 0.2) is 24.3 Å². The number of ether oxygens (including phenoxy) is 1. The molecule has 1 aromatic carbocycles. The van der Waals surface area contributed by atoms with E-state index < -0.39 is 16.1 Å². The Kier molecular flexibility index (Phi) is 8.31. The van der Waals surface area contributed by atoms with Crippen molar-refractivity contribution in [3.8, 4) is 5.75 Å². The highest BCUT2D eigenvalue weighted by molar-refractivity contribution is 7.89. The lowest BCUT2D eigenvalue weighted by Crippen LogP contribution is -2.49. The minimum atomic E-state index is -3.23. The van der Waals surface area contributed by atoms with Crippen molar-refractivity contribution in [2.45, 2.75) is 71.4 Å². The molecule has 2 rings (SSSR count). The molecule has 158 valence electrons. The fraction of sp³-hybridized carbons (Fsp3) is 0.667. The average molecular weight is 411 g/mol. The molecule has 0 aromatic heterocycles. The molecule has 0 aliphatic carbocycles. The fourth-order valence-corrected chi connectivity index (χ4v) is 4.84. The van der Waals surface area contributed by atoms with E-state index in [9.17, 15) is 13.2 Å². The molecule has 1 fully saturated rings. The van der Waals surface area contributed by atoms with Crippen molar-refractivity contribution < 1.29 is 17.9 Å². The summed E-state index contributed by atoms with van der Waals surface area (Å²) >= 11 is 0. The van der Waals surface area contributed by atoms with Crippen LogP contribution in [0.3, 0.4) is 0 Å². The minimum absolute atomic E-state index is 0.0553. The summed E-state index contributed by atoms with van der Waals surface area (Å²) in [5.41, 5.74) is 1.23. The maximum atomic E-state index is 12.7. The Balaban J connectivity index is 1.82. The second kappa shape index (κ2) is 10.3. The molecule has 1 N–H and O–H groups in total. The SMILES string of the molecule is CCCCS(=O)(=O)NC1CCN(C(=O)C(C)Oc2ccc(C(C)C)cc2)CC1. The van der Waals surface area contributed by atoms with Crippen LogP contribution >= 0.6 is 0 Å². The molecule has 1 amide bonds. The van der Waals surface area contributed by atoms with Gasteiger partial charge in [0.2, 0.25) is 10.0 Å². The van der Waals surface area contributed by atoms with Gasteiger partial charge in [0.15, 0.2) is 6.10 Å². The van der Waals surface area contributed by atoms with E-state index in [1.807, 2.05) is 31.2 Å². The van der Waals surface area contributed by atoms with Gasteiger partial charge in [-0.2, -0.15) is 0 Å². The highest BCUT2D eigenvalue weighted by atomic mass is 32.2. The second-order valence-corrected chi connectivity index (χ2v) is 9.75. The van der Waals surface area contributed by atoms with Gasteiger partial charge in [0.05, 0.1) is 5.75 Å². The van der Waals surface area contributed by atoms with Gasteiger partial charge >= 0.3 is 0 Å². The van der Waals surface area contributed by atoms with Gasteiger partial charge in [-0.3, -0.25) is 4.79 Å². The van der Waals surface area contributed by atoms with Gasteiger partial charge in [0, 0.05) is 19.1 Å². The van der Waals surface area contributed by atoms with Crippen LogP contribution in [0.1, 0.15) is 64.9 Å². The summed E-state index contributed by atoms with van der Waals surface area (Å²) in [5, 5.41) is 0. The standard InChI is InChI=1S/C21H34N2O4S/c1-5-6-15-28(25,26)22-19-11-13-23(14-12-19)21(24)17(4)27-20-9-7-18(8-10-20)16(2)3/h7-10,16-17,19,22H,5-6,11-15H2,1-4H3. The van der Waals surface area contributed by atoms with Crippen molar-refractivity contribution in [3.05, 3.63) is 29.8 Å². The molecule has 1 aliphatic rings. The zero-order chi connectivity index (χ0) is 20.7. The third kappa shape index (κ3) is 6.78. The Morgan fingerprint density at radius 1 is 1.18 bits per heavy atom. The summed E-state index contributed by atoms with van der Waals surface area (Å²) in [5.74, 6) is 1.25. The van der Waals surface area contributed by atoms with E-state index in [4.69, 9.17) is 4.74 Å². The Morgan fingerprint density at radius 3 is 2.32 bits per heavy atom. The summed E-state index contributed by atoms with van der Waals surface area (Å²) in [4.78, 5) is 14.4. The molecule has 1 unspecified atom stereocenters. The Hall–Kier alpha value is -1.60. The first-order chi connectivity index (χ1) is 13.2. The van der Waals surface area contributed by atoms with Crippen LogP contribution in [0.4, 0.5) is 0 Å². The van der Waals surface area contributed by atoms with Gasteiger partial charge in [-0.1, -0.05) is 39.3 Å². The van der Waals surface area contributed by atoms with E-state index in [1.54, 1.807) is 11.8 Å². The molecular weight excluding hydrogens is 376 g/mol. The minimum Gasteiger partial charge on any atom is -0.481 e. The van der Waals surface area contributed by atoms with Gasteiger partial charge in [-0.05, 0) is 49.8 Å². The Bertz CT molecular complexity index is 723. The first-order valence-electron chi connectivity index (χ1n) is 10.3. The number of benzene rings is 1. The predicted molar refractivity (Wildman–Crippen MR) is 112 cm³/mol. The molecule has 1 heterocycles. The third-order valence-corrected chi connectivity index (χ3v) is 6.65. The maximum absolute atomic E-state index is 12.7. The van der Waals surface area contributed by atoms with Crippen LogP contribution in [-0.4, -0.2) is 50.2 Å². The number of amides is 1. The van der Waals surface area contributed by atoms with Crippen molar-refractivity contribution in [1.82, 2.24) is 9.62 Å². The molecule has 0 radical (unpaired) electrons. The van der Waals surface area contributed by atoms with Crippen LogP contribution in [0.2, 0.25) is 0 Å². The molecule has 1 aliphatic heterocycles. The lowest BCUT2D eigenvalue weighted by atomic mass is 10.0. The van der Waals surface area contributed by atoms with Crippen molar-refractivity contribution in [2.24, 2.45) is 0 Å². The van der Waals surface area contributed by atoms with Gasteiger partial charge in [0.25, 0.3) is 5.91 Å². The molecule has 1 aromatic rings. The number of hydrogen-bond donors (Lipinski definition) is 1. The molecule has 0 bridgehead atoms. The quantitative estimate of drug-likeness (QED) is 0.678. The van der Waals surface area contributed by atoms with E-state index in [2.05, 4.69) is 18.6 Å². The van der Waals surface area contributed by atoms with Crippen LogP contribution in [0.25, 0.3) is 0 Å². The topological polar surface area (TPSA) is 75.7 Å². The van der Waals surface area contributed by atoms with Crippen molar-refractivity contribution in [1.29, 1.82) is 0 Å². The monoisotopic (exact) mass is 410 g/mol. The largest absolute Gasteiger partial charge is 0.481 e. The van der Waals surface area contributed by atoms with Crippen molar-refractivity contribution in [3.63, 3.8) is 0 Å². The van der Waals surface area contributed by atoms with E-state index in [1.165, 1.54) is 5.56 Å². The summed E-state index contributed by atoms with van der Waals surface area (Å²) in [7, 11) is -3.23. The summed E-state index contributed by atoms with van der Waals surface area (Å²) in [6, 6.07) is 7.75. The number of hydrogen-bond acceptors (Lipinski definition) is 4. The molecule has 1 saturated heterocycles. The summed E-state index contributed by atoms with van der Waals surface area (Å²) in [6.45, 7) is 9.09. The van der Waals surface area contributed by atoms with Crippen LogP contribution in [0, 0.1) is 0 Å². The lowest BCUT2D eigenvalue weighted by Gasteiger charge is -2.33. The van der Waals surface area contributed by atoms with Gasteiger partial charge < -0.3 is 9.64 Å². The number of carbonyl (C=O) groups is 1. The molecule has 0 spiro atoms. The van der Waals surface area contributed by atoms with Crippen molar-refractivity contribution >= 4 is 15.9 Å². The smallest absolute Gasteiger partial charge is 0.263 e. The number of rotatable bonds is 9. The summed E-state index contributed by atoms with van der Waals surface area (Å²) in [6.07, 6.45) is 2.22. The van der Waals surface area contributed by atoms with Crippen LogP contribution in [0.5, 0.6) is 5.75 Å². The highest BCUT2D eigenvalue weighted by Gasteiger charge is 2.28. The fourth-order valence-electron chi connectivity index (χ4n) is 3.31. The first-order valence-corrected chi connectivity index (χ1v) is 11.9.